The molecule has 0 unspecified atom stereocenters. The van der Waals surface area contributed by atoms with E-state index in [2.05, 4.69) is 25.8 Å². The molecule has 0 radical (unpaired) electrons. The van der Waals surface area contributed by atoms with Crippen LogP contribution in [0.15, 0.2) is 10.9 Å². The second kappa shape index (κ2) is 5.75. The molecule has 2 rings (SSSR count). The Labute approximate surface area is 107 Å². The van der Waals surface area contributed by atoms with Gasteiger partial charge in [-0.25, -0.2) is 4.98 Å². The lowest BCUT2D eigenvalue weighted by molar-refractivity contribution is 0.0640. The van der Waals surface area contributed by atoms with Gasteiger partial charge in [-0.3, -0.25) is 9.69 Å². The summed E-state index contributed by atoms with van der Waals surface area (Å²) in [6.45, 7) is 4.59. The smallest absolute Gasteiger partial charge is 0.273 e. The number of thiazole rings is 1. The van der Waals surface area contributed by atoms with Crippen molar-refractivity contribution in [1.29, 1.82) is 0 Å². The lowest BCUT2D eigenvalue weighted by Gasteiger charge is -2.34. The first kappa shape index (κ1) is 12.0. The third-order valence-corrected chi connectivity index (χ3v) is 3.65. The van der Waals surface area contributed by atoms with Crippen molar-refractivity contribution in [3.05, 3.63) is 16.6 Å². The molecule has 2 heterocycles. The molecule has 1 amide bonds. The lowest BCUT2D eigenvalue weighted by atomic mass is 10.3. The third-order valence-electron chi connectivity index (χ3n) is 2.71. The predicted octanol–water partition coefficient (Wildman–Crippen LogP) is 1.30. The number of hydrogen-bond acceptors (Lipinski definition) is 4. The zero-order valence-corrected chi connectivity index (χ0v) is 11.3. The van der Waals surface area contributed by atoms with Crippen LogP contribution in [0.25, 0.3) is 0 Å². The maximum atomic E-state index is 12.0. The first-order valence-corrected chi connectivity index (χ1v) is 7.33. The van der Waals surface area contributed by atoms with Gasteiger partial charge in [-0.1, -0.05) is 15.9 Å². The zero-order valence-electron chi connectivity index (χ0n) is 8.93. The minimum absolute atomic E-state index is 0.0692. The van der Waals surface area contributed by atoms with Crippen LogP contribution in [-0.4, -0.2) is 58.7 Å². The number of alkyl halides is 1. The van der Waals surface area contributed by atoms with Crippen molar-refractivity contribution >= 4 is 33.2 Å². The SMILES string of the molecule is O=C(c1cscn1)N1CCN(CCBr)CC1. The Morgan fingerprint density at radius 3 is 2.75 bits per heavy atom. The van der Waals surface area contributed by atoms with Crippen LogP contribution < -0.4 is 0 Å². The Morgan fingerprint density at radius 2 is 2.19 bits per heavy atom. The molecule has 0 N–H and O–H groups in total. The summed E-state index contributed by atoms with van der Waals surface area (Å²) in [4.78, 5) is 20.3. The highest BCUT2D eigenvalue weighted by molar-refractivity contribution is 9.09. The predicted molar refractivity (Wildman–Crippen MR) is 68.3 cm³/mol. The number of carbonyl (C=O) groups excluding carboxylic acids is 1. The summed E-state index contributed by atoms with van der Waals surface area (Å²) in [6, 6.07) is 0. The van der Waals surface area contributed by atoms with Gasteiger partial charge in [0.15, 0.2) is 0 Å². The van der Waals surface area contributed by atoms with E-state index in [1.807, 2.05) is 10.3 Å². The van der Waals surface area contributed by atoms with Gasteiger partial charge in [0.05, 0.1) is 5.51 Å². The summed E-state index contributed by atoms with van der Waals surface area (Å²) in [5, 5.41) is 2.81. The maximum Gasteiger partial charge on any atom is 0.273 e. The second-order valence-electron chi connectivity index (χ2n) is 3.70. The van der Waals surface area contributed by atoms with Crippen molar-refractivity contribution < 1.29 is 4.79 Å². The Hall–Kier alpha value is -0.460. The average Bonchev–Trinajstić information content (AvgIpc) is 2.83. The quantitative estimate of drug-likeness (QED) is 0.790. The molecule has 0 aromatic carbocycles. The van der Waals surface area contributed by atoms with Crippen molar-refractivity contribution in [2.75, 3.05) is 38.1 Å². The normalized spacial score (nSPS) is 17.7. The van der Waals surface area contributed by atoms with Crippen LogP contribution >= 0.6 is 27.3 Å². The highest BCUT2D eigenvalue weighted by atomic mass is 79.9. The minimum atomic E-state index is 0.0692. The summed E-state index contributed by atoms with van der Waals surface area (Å²) in [6.07, 6.45) is 0. The molecular formula is C10H14BrN3OS. The highest BCUT2D eigenvalue weighted by Crippen LogP contribution is 2.09. The van der Waals surface area contributed by atoms with Crippen LogP contribution in [0.5, 0.6) is 0 Å². The van der Waals surface area contributed by atoms with Gasteiger partial charge in [0.25, 0.3) is 5.91 Å². The number of nitrogens with zero attached hydrogens (tertiary/aromatic N) is 3. The zero-order chi connectivity index (χ0) is 11.4. The summed E-state index contributed by atoms with van der Waals surface area (Å²) in [5.74, 6) is 0.0692. The number of halogens is 1. The fourth-order valence-electron chi connectivity index (χ4n) is 1.77. The standard InChI is InChI=1S/C10H14BrN3OS/c11-1-2-13-3-5-14(6-4-13)10(15)9-7-16-8-12-9/h7-8H,1-6H2. The van der Waals surface area contributed by atoms with Crippen molar-refractivity contribution in [3.8, 4) is 0 Å². The summed E-state index contributed by atoms with van der Waals surface area (Å²) >= 11 is 4.89. The highest BCUT2D eigenvalue weighted by Gasteiger charge is 2.22. The molecule has 0 aliphatic carbocycles. The van der Waals surface area contributed by atoms with E-state index in [0.29, 0.717) is 5.69 Å². The van der Waals surface area contributed by atoms with Crippen molar-refractivity contribution in [3.63, 3.8) is 0 Å². The van der Waals surface area contributed by atoms with Crippen LogP contribution in [0.4, 0.5) is 0 Å². The number of aromatic nitrogens is 1. The average molecular weight is 304 g/mol. The third kappa shape index (κ3) is 2.81. The fraction of sp³-hybridized carbons (Fsp3) is 0.600. The van der Waals surface area contributed by atoms with Crippen LogP contribution in [0.2, 0.25) is 0 Å². The molecule has 0 bridgehead atoms. The number of piperazine rings is 1. The van der Waals surface area contributed by atoms with Crippen molar-refractivity contribution in [1.82, 2.24) is 14.8 Å². The molecule has 4 nitrogen and oxygen atoms in total. The van der Waals surface area contributed by atoms with E-state index in [1.165, 1.54) is 11.3 Å². The number of hydrogen-bond donors (Lipinski definition) is 0. The van der Waals surface area contributed by atoms with Gasteiger partial charge in [0.1, 0.15) is 5.69 Å². The molecule has 0 atom stereocenters. The van der Waals surface area contributed by atoms with Gasteiger partial charge >= 0.3 is 0 Å². The van der Waals surface area contributed by atoms with Crippen molar-refractivity contribution in [2.24, 2.45) is 0 Å². The molecule has 1 aliphatic heterocycles. The Kier molecular flexibility index (Phi) is 4.31. The van der Waals surface area contributed by atoms with Gasteiger partial charge < -0.3 is 4.90 Å². The molecule has 1 aromatic heterocycles. The van der Waals surface area contributed by atoms with E-state index < -0.39 is 0 Å². The van der Waals surface area contributed by atoms with Crippen molar-refractivity contribution in [2.45, 2.75) is 0 Å². The molecule has 1 aliphatic rings. The monoisotopic (exact) mass is 303 g/mol. The lowest BCUT2D eigenvalue weighted by Crippen LogP contribution is -2.49. The van der Waals surface area contributed by atoms with E-state index in [1.54, 1.807) is 5.51 Å². The fourth-order valence-corrected chi connectivity index (χ4v) is 2.80. The Balaban J connectivity index is 1.87. The molecule has 6 heteroatoms. The minimum Gasteiger partial charge on any atom is -0.335 e. The van der Waals surface area contributed by atoms with Crippen LogP contribution in [0, 0.1) is 0 Å². The molecule has 1 aromatic rings. The van der Waals surface area contributed by atoms with Gasteiger partial charge in [-0.05, 0) is 0 Å². The largest absolute Gasteiger partial charge is 0.335 e. The summed E-state index contributed by atoms with van der Waals surface area (Å²) in [5.41, 5.74) is 2.29. The summed E-state index contributed by atoms with van der Waals surface area (Å²) in [7, 11) is 0. The van der Waals surface area contributed by atoms with E-state index >= 15 is 0 Å². The van der Waals surface area contributed by atoms with Crippen LogP contribution in [-0.2, 0) is 0 Å². The van der Waals surface area contributed by atoms with E-state index in [0.717, 1.165) is 38.1 Å². The van der Waals surface area contributed by atoms with Gasteiger partial charge in [-0.2, -0.15) is 0 Å². The first-order valence-electron chi connectivity index (χ1n) is 5.27. The molecule has 88 valence electrons. The summed E-state index contributed by atoms with van der Waals surface area (Å²) < 4.78 is 0. The number of rotatable bonds is 3. The van der Waals surface area contributed by atoms with Crippen LogP contribution in [0.1, 0.15) is 10.5 Å². The van der Waals surface area contributed by atoms with Gasteiger partial charge in [0, 0.05) is 43.4 Å². The maximum absolute atomic E-state index is 12.0. The van der Waals surface area contributed by atoms with Crippen LogP contribution in [0.3, 0.4) is 0 Å². The molecule has 0 saturated carbocycles. The first-order chi connectivity index (χ1) is 7.81. The van der Waals surface area contributed by atoms with E-state index in [-0.39, 0.29) is 5.91 Å². The molecule has 0 spiro atoms. The van der Waals surface area contributed by atoms with E-state index in [9.17, 15) is 4.79 Å². The number of amides is 1. The van der Waals surface area contributed by atoms with Gasteiger partial charge in [0.2, 0.25) is 0 Å². The molecule has 1 fully saturated rings. The van der Waals surface area contributed by atoms with E-state index in [4.69, 9.17) is 0 Å². The Morgan fingerprint density at radius 1 is 1.44 bits per heavy atom. The molecular weight excluding hydrogens is 290 g/mol. The second-order valence-corrected chi connectivity index (χ2v) is 5.21. The molecule has 1 saturated heterocycles. The Bertz CT molecular complexity index is 336. The number of carbonyl (C=O) groups is 1. The molecule has 16 heavy (non-hydrogen) atoms. The van der Waals surface area contributed by atoms with Gasteiger partial charge in [-0.15, -0.1) is 11.3 Å². The topological polar surface area (TPSA) is 36.4 Å².